The second-order valence-corrected chi connectivity index (χ2v) is 8.64. The van der Waals surface area contributed by atoms with E-state index in [4.69, 9.17) is 4.98 Å². The van der Waals surface area contributed by atoms with Gasteiger partial charge in [0.15, 0.2) is 5.16 Å². The molecule has 0 radical (unpaired) electrons. The predicted octanol–water partition coefficient (Wildman–Crippen LogP) is 4.23. The molecule has 2 aromatic rings. The fourth-order valence-electron chi connectivity index (χ4n) is 2.79. The summed E-state index contributed by atoms with van der Waals surface area (Å²) in [5, 5.41) is 3.91. The second-order valence-electron chi connectivity index (χ2n) is 7.33. The van der Waals surface area contributed by atoms with E-state index in [9.17, 15) is 9.59 Å². The zero-order valence-electron chi connectivity index (χ0n) is 16.8. The van der Waals surface area contributed by atoms with Gasteiger partial charge in [-0.1, -0.05) is 63.9 Å². The van der Waals surface area contributed by atoms with Gasteiger partial charge in [-0.15, -0.1) is 0 Å². The highest BCUT2D eigenvalue weighted by atomic mass is 32.2. The van der Waals surface area contributed by atoms with Gasteiger partial charge in [0.25, 0.3) is 5.56 Å². The van der Waals surface area contributed by atoms with Crippen LogP contribution in [-0.2, 0) is 11.3 Å². The Labute approximate surface area is 166 Å². The number of benzene rings is 1. The van der Waals surface area contributed by atoms with Crippen molar-refractivity contribution in [3.8, 4) is 0 Å². The van der Waals surface area contributed by atoms with Gasteiger partial charge in [0.1, 0.15) is 0 Å². The lowest BCUT2D eigenvalue weighted by Crippen LogP contribution is -2.34. The lowest BCUT2D eigenvalue weighted by Gasteiger charge is -2.17. The van der Waals surface area contributed by atoms with Crippen LogP contribution in [0.4, 0.5) is 0 Å². The number of amides is 1. The molecule has 1 amide bonds. The Kier molecular flexibility index (Phi) is 8.35. The molecule has 0 saturated carbocycles. The summed E-state index contributed by atoms with van der Waals surface area (Å²) in [6.45, 7) is 9.46. The highest BCUT2D eigenvalue weighted by molar-refractivity contribution is 8.00. The zero-order chi connectivity index (χ0) is 19.8. The van der Waals surface area contributed by atoms with Crippen LogP contribution in [0.3, 0.4) is 0 Å². The summed E-state index contributed by atoms with van der Waals surface area (Å²) >= 11 is 1.36. The van der Waals surface area contributed by atoms with Gasteiger partial charge in [0, 0.05) is 13.1 Å². The quantitative estimate of drug-likeness (QED) is 0.375. The van der Waals surface area contributed by atoms with Crippen molar-refractivity contribution in [2.24, 2.45) is 5.92 Å². The number of unbranched alkanes of at least 4 members (excludes halogenated alkanes) is 3. The number of nitrogens with zero attached hydrogens (tertiary/aromatic N) is 2. The minimum absolute atomic E-state index is 0.0191. The van der Waals surface area contributed by atoms with E-state index in [1.165, 1.54) is 11.8 Å². The van der Waals surface area contributed by atoms with Crippen molar-refractivity contribution in [3.05, 3.63) is 34.6 Å². The summed E-state index contributed by atoms with van der Waals surface area (Å²) in [6.07, 6.45) is 4.34. The maximum absolute atomic E-state index is 13.0. The largest absolute Gasteiger partial charge is 0.355 e. The first-order valence-corrected chi connectivity index (χ1v) is 10.8. The number of rotatable bonds is 10. The van der Waals surface area contributed by atoms with E-state index >= 15 is 0 Å². The first-order valence-electron chi connectivity index (χ1n) is 9.88. The van der Waals surface area contributed by atoms with Gasteiger partial charge in [-0.05, 0) is 31.4 Å². The SMILES string of the molecule is CCCCCCn1c(SC(C)C(=O)NCC(C)C)nc2ccccc2c1=O. The van der Waals surface area contributed by atoms with Crippen LogP contribution in [0.1, 0.15) is 53.4 Å². The molecule has 1 unspecified atom stereocenters. The lowest BCUT2D eigenvalue weighted by atomic mass is 10.2. The molecule has 0 saturated heterocycles. The Balaban J connectivity index is 2.26. The van der Waals surface area contributed by atoms with E-state index in [0.717, 1.165) is 25.7 Å². The summed E-state index contributed by atoms with van der Waals surface area (Å²) in [4.78, 5) is 30.1. The van der Waals surface area contributed by atoms with Crippen LogP contribution < -0.4 is 10.9 Å². The first-order chi connectivity index (χ1) is 12.9. The molecule has 1 N–H and O–H groups in total. The van der Waals surface area contributed by atoms with E-state index in [2.05, 4.69) is 26.1 Å². The molecule has 148 valence electrons. The van der Waals surface area contributed by atoms with E-state index < -0.39 is 0 Å². The monoisotopic (exact) mass is 389 g/mol. The summed E-state index contributed by atoms with van der Waals surface area (Å²) in [5.74, 6) is 0.385. The Morgan fingerprint density at radius 1 is 1.19 bits per heavy atom. The number of fused-ring (bicyclic) bond motifs is 1. The van der Waals surface area contributed by atoms with Crippen molar-refractivity contribution < 1.29 is 4.79 Å². The highest BCUT2D eigenvalue weighted by Crippen LogP contribution is 2.23. The number of para-hydroxylation sites is 1. The molecule has 1 heterocycles. The van der Waals surface area contributed by atoms with Gasteiger partial charge >= 0.3 is 0 Å². The van der Waals surface area contributed by atoms with Gasteiger partial charge in [-0.25, -0.2) is 4.98 Å². The molecule has 1 aromatic heterocycles. The number of hydrogen-bond acceptors (Lipinski definition) is 4. The van der Waals surface area contributed by atoms with Crippen LogP contribution in [0.15, 0.2) is 34.2 Å². The Morgan fingerprint density at radius 2 is 1.93 bits per heavy atom. The highest BCUT2D eigenvalue weighted by Gasteiger charge is 2.19. The molecule has 1 atom stereocenters. The second kappa shape index (κ2) is 10.5. The van der Waals surface area contributed by atoms with Crippen molar-refractivity contribution in [1.82, 2.24) is 14.9 Å². The maximum atomic E-state index is 13.0. The Hall–Kier alpha value is -1.82. The third kappa shape index (κ3) is 6.09. The van der Waals surface area contributed by atoms with Crippen LogP contribution in [-0.4, -0.2) is 27.3 Å². The van der Waals surface area contributed by atoms with Crippen LogP contribution >= 0.6 is 11.8 Å². The van der Waals surface area contributed by atoms with Gasteiger partial charge < -0.3 is 5.32 Å². The minimum Gasteiger partial charge on any atom is -0.355 e. The molecule has 27 heavy (non-hydrogen) atoms. The molecule has 5 nitrogen and oxygen atoms in total. The number of nitrogens with one attached hydrogen (secondary N) is 1. The van der Waals surface area contributed by atoms with Gasteiger partial charge in [0.2, 0.25) is 5.91 Å². The van der Waals surface area contributed by atoms with Crippen LogP contribution in [0.25, 0.3) is 10.9 Å². The molecule has 0 bridgehead atoms. The van der Waals surface area contributed by atoms with Crippen LogP contribution in [0, 0.1) is 5.92 Å². The van der Waals surface area contributed by atoms with Crippen molar-refractivity contribution in [1.29, 1.82) is 0 Å². The molecule has 0 spiro atoms. The molecule has 0 aliphatic heterocycles. The van der Waals surface area contributed by atoms with E-state index in [0.29, 0.717) is 35.1 Å². The Bertz CT molecular complexity index is 817. The lowest BCUT2D eigenvalue weighted by molar-refractivity contribution is -0.120. The zero-order valence-corrected chi connectivity index (χ0v) is 17.6. The third-order valence-electron chi connectivity index (χ3n) is 4.40. The summed E-state index contributed by atoms with van der Waals surface area (Å²) in [5.41, 5.74) is 0.666. The van der Waals surface area contributed by atoms with E-state index in [1.807, 2.05) is 31.2 Å². The van der Waals surface area contributed by atoms with E-state index in [-0.39, 0.29) is 16.7 Å². The fraction of sp³-hybridized carbons (Fsp3) is 0.571. The topological polar surface area (TPSA) is 64.0 Å². The summed E-state index contributed by atoms with van der Waals surface area (Å²) < 4.78 is 1.74. The van der Waals surface area contributed by atoms with Crippen molar-refractivity contribution in [2.75, 3.05) is 6.54 Å². The first kappa shape index (κ1) is 21.5. The third-order valence-corrected chi connectivity index (χ3v) is 5.49. The molecule has 2 rings (SSSR count). The minimum atomic E-state index is -0.307. The van der Waals surface area contributed by atoms with Gasteiger partial charge in [0.05, 0.1) is 16.2 Å². The molecule has 0 aliphatic rings. The normalized spacial score (nSPS) is 12.5. The number of thioether (sulfide) groups is 1. The average Bonchev–Trinajstić information content (AvgIpc) is 2.65. The standard InChI is InChI=1S/C21H31N3O2S/c1-5-6-7-10-13-24-20(26)17-11-8-9-12-18(17)23-21(24)27-16(4)19(25)22-14-15(2)3/h8-9,11-12,15-16H,5-7,10,13-14H2,1-4H3,(H,22,25). The fourth-order valence-corrected chi connectivity index (χ4v) is 3.75. The molecule has 1 aromatic carbocycles. The average molecular weight is 390 g/mol. The van der Waals surface area contributed by atoms with Crippen LogP contribution in [0.5, 0.6) is 0 Å². The molecular weight excluding hydrogens is 358 g/mol. The molecular formula is C21H31N3O2S. The Morgan fingerprint density at radius 3 is 2.63 bits per heavy atom. The summed E-state index contributed by atoms with van der Waals surface area (Å²) in [7, 11) is 0. The predicted molar refractivity (Wildman–Crippen MR) is 113 cm³/mol. The number of aromatic nitrogens is 2. The van der Waals surface area contributed by atoms with Crippen molar-refractivity contribution in [3.63, 3.8) is 0 Å². The molecule has 0 aliphatic carbocycles. The number of hydrogen-bond donors (Lipinski definition) is 1. The number of carbonyl (C=O) groups excluding carboxylic acids is 1. The smallest absolute Gasteiger partial charge is 0.262 e. The van der Waals surface area contributed by atoms with Crippen molar-refractivity contribution >= 4 is 28.6 Å². The van der Waals surface area contributed by atoms with Crippen LogP contribution in [0.2, 0.25) is 0 Å². The van der Waals surface area contributed by atoms with E-state index in [1.54, 1.807) is 4.57 Å². The van der Waals surface area contributed by atoms with Gasteiger partial charge in [-0.3, -0.25) is 14.2 Å². The van der Waals surface area contributed by atoms with Crippen molar-refractivity contribution in [2.45, 2.75) is 70.3 Å². The number of carbonyl (C=O) groups is 1. The maximum Gasteiger partial charge on any atom is 0.262 e. The molecule has 6 heteroatoms. The van der Waals surface area contributed by atoms with Gasteiger partial charge in [-0.2, -0.15) is 0 Å². The summed E-state index contributed by atoms with van der Waals surface area (Å²) in [6, 6.07) is 7.42. The molecule has 0 fully saturated rings.